The number of pyridine rings is 7. The predicted octanol–water partition coefficient (Wildman–Crippen LogP) is 21.1. The molecule has 24 heteroatoms. The second kappa shape index (κ2) is 57.0. The SMILES string of the molecule is Brc1ccc(I)nc1.C=C.Cc1ccccc1-c1ccc(Br)cn1.Cc1ccccc1-c1ccc(CB=O)cn1.Cc1ccccc1-c1ccc(CBr)c[nH+]1.Cc1ccccc1-c1ccc(CO)cn1.Cc1ccccc1-c1ccc(C[C@@H](C)NC(=O)OCC2c3ccccc3-c3ccccc32)cn1.Cc1ccccc1-c1ccc(C[C@H](NC(=O)OCC2c3ccccc3-c3ccccc32)C(=O)O)c[nH+]1.[Br-].[Cl-]. The molecule has 10 aromatic carbocycles. The van der Waals surface area contributed by atoms with Crippen molar-refractivity contribution in [2.45, 2.75) is 103 Å². The molecule has 2 amide bonds. The third kappa shape index (κ3) is 31.6. The molecule has 0 aliphatic heterocycles. The van der Waals surface area contributed by atoms with E-state index >= 15 is 0 Å². The molecule has 720 valence electrons. The van der Waals surface area contributed by atoms with E-state index in [0.717, 1.165) is 132 Å². The van der Waals surface area contributed by atoms with Crippen molar-refractivity contribution in [1.82, 2.24) is 35.6 Å². The number of aliphatic hydroxyl groups excluding tert-OH is 1. The molecule has 2 atom stereocenters. The first-order chi connectivity index (χ1) is 68.1. The number of amides is 2. The number of nitrogens with one attached hydrogen (secondary N) is 4. The van der Waals surface area contributed by atoms with Crippen LogP contribution in [-0.2, 0) is 50.1 Å². The number of benzene rings is 10. The van der Waals surface area contributed by atoms with Gasteiger partial charge in [-0.1, -0.05) is 234 Å². The van der Waals surface area contributed by atoms with E-state index < -0.39 is 18.1 Å². The van der Waals surface area contributed by atoms with E-state index in [0.29, 0.717) is 19.3 Å². The Morgan fingerprint density at radius 2 is 0.704 bits per heavy atom. The first-order valence-corrected chi connectivity index (χ1v) is 49.6. The number of carbonyl (C=O) groups is 3. The number of aromatic amines is 2. The summed E-state index contributed by atoms with van der Waals surface area (Å²) in [7, 11) is 0.893. The smallest absolute Gasteiger partial charge is 0.407 e. The van der Waals surface area contributed by atoms with Crippen LogP contribution in [0.3, 0.4) is 0 Å². The number of halogens is 6. The summed E-state index contributed by atoms with van der Waals surface area (Å²) in [6.07, 6.45) is 12.9. The Bertz CT molecular complexity index is 6750. The van der Waals surface area contributed by atoms with Crippen molar-refractivity contribution in [2.24, 2.45) is 0 Å². The van der Waals surface area contributed by atoms with Crippen LogP contribution >= 0.6 is 70.4 Å². The number of ether oxygens (including phenoxy) is 2. The summed E-state index contributed by atoms with van der Waals surface area (Å²) < 4.78 is 24.6. The molecular formula is C118H110BBr4ClIN9O8. The number of hydrogen-bond acceptors (Lipinski definition) is 12. The number of carbonyl (C=O) groups excluding carboxylic acids is 2. The number of carboxylic acid groups (broad SMARTS) is 1. The van der Waals surface area contributed by atoms with Crippen LogP contribution in [-0.4, -0.2) is 85.7 Å². The Morgan fingerprint density at radius 3 is 1.01 bits per heavy atom. The summed E-state index contributed by atoms with van der Waals surface area (Å²) in [5, 5.41) is 25.0. The number of fused-ring (bicyclic) bond motifs is 6. The summed E-state index contributed by atoms with van der Waals surface area (Å²) in [6, 6.07) is 109. The fourth-order valence-electron chi connectivity index (χ4n) is 16.2. The molecule has 17 aromatic rings. The molecule has 0 bridgehead atoms. The molecule has 0 saturated heterocycles. The third-order valence-electron chi connectivity index (χ3n) is 23.5. The van der Waals surface area contributed by atoms with Crippen molar-refractivity contribution >= 4 is 95.7 Å². The summed E-state index contributed by atoms with van der Waals surface area (Å²) in [5.74, 6) is -1.15. The number of alkyl carbamates (subject to hydrolysis) is 2. The number of nitrogens with zero attached hydrogens (tertiary/aromatic N) is 5. The average molecular weight is 2280 g/mol. The summed E-state index contributed by atoms with van der Waals surface area (Å²) in [4.78, 5) is 65.3. The fourth-order valence-corrected chi connectivity index (χ4v) is 17.3. The van der Waals surface area contributed by atoms with Crippen molar-refractivity contribution in [3.63, 3.8) is 0 Å². The van der Waals surface area contributed by atoms with Gasteiger partial charge in [0.15, 0.2) is 12.4 Å². The molecular weight excluding hydrogens is 2160 g/mol. The van der Waals surface area contributed by atoms with Crippen LogP contribution in [0, 0.1) is 45.2 Å². The largest absolute Gasteiger partial charge is 1.00 e. The van der Waals surface area contributed by atoms with Crippen molar-refractivity contribution in [3.8, 4) is 89.8 Å². The molecule has 0 saturated carbocycles. The topological polar surface area (TPSA) is 244 Å². The van der Waals surface area contributed by atoms with Gasteiger partial charge in [0.2, 0.25) is 11.4 Å². The van der Waals surface area contributed by atoms with Crippen molar-refractivity contribution in [3.05, 3.63) is 480 Å². The maximum Gasteiger partial charge on any atom is 0.407 e. The van der Waals surface area contributed by atoms with Gasteiger partial charge in [0, 0.05) is 114 Å². The second-order valence-electron chi connectivity index (χ2n) is 33.2. The van der Waals surface area contributed by atoms with Crippen LogP contribution in [0.4, 0.5) is 9.59 Å². The zero-order valence-electron chi connectivity index (χ0n) is 79.8. The van der Waals surface area contributed by atoms with Crippen molar-refractivity contribution in [2.75, 3.05) is 13.2 Å². The van der Waals surface area contributed by atoms with Crippen LogP contribution in [0.25, 0.3) is 89.8 Å². The third-order valence-corrected chi connectivity index (χ3v) is 25.7. The standard InChI is InChI=1S/C30H26N2O4.C30H28N2O2.C13H12BNO.C13H12BrN.C13H13NO.C12H10BrN.C5H3BrIN.C2H4.BrH.ClH/c1-19-8-2-3-9-21(19)27-15-14-20(17-31-27)16-28(29(33)34)32-30(35)36-18-26-24-12-6-4-10-22(24)23-11-5-7-13-25(23)26;1-20-9-3-4-10-23(20)29-16-15-22(18-31-29)17-21(2)32-30(33)34-19-28-26-13-7-5-11-24(26)25-12-6-8-14-27(25)28;1-10-4-2-3-5-12(10)13-7-6-11(8-14-16)9-15-13;1-10-4-2-3-5-12(10)13-7-6-11(8-14)9-15-13;1-10-4-2-3-5-12(10)13-7-6-11(9-15)8-14-13;1-9-4-2-3-5-11(9)12-7-6-10(13)8-14-12;6-4-1-2-5(7)8-3-4;1-2;;/h2-15,17,26,28H,16,18H2,1H3,(H,32,35)(H,33,34);3-16,18,21,28H,17,19H2,1-2H3,(H,32,33);2-7,9H,8H2,1H3;2-7,9H,8H2,1H3;2-8,15H,9H2,1H3;2-8H,1H3;1-3H;1-2H2;2*1H/t28-;21-;;;;;;;;/m01......../s1. The Morgan fingerprint density at radius 1 is 0.394 bits per heavy atom. The number of aliphatic carboxylic acids is 1. The maximum absolute atomic E-state index is 12.6. The van der Waals surface area contributed by atoms with Gasteiger partial charge in [-0.2, -0.15) is 0 Å². The van der Waals surface area contributed by atoms with Crippen LogP contribution in [0.15, 0.2) is 393 Å². The number of aromatic nitrogens is 7. The van der Waals surface area contributed by atoms with Gasteiger partial charge in [0.25, 0.3) is 0 Å². The van der Waals surface area contributed by atoms with Gasteiger partial charge in [-0.15, -0.1) is 13.2 Å². The molecule has 142 heavy (non-hydrogen) atoms. The molecule has 2 aliphatic carbocycles. The normalized spacial score (nSPS) is 11.2. The molecule has 7 heterocycles. The van der Waals surface area contributed by atoms with Gasteiger partial charge >= 0.3 is 113 Å². The molecule has 6 N–H and O–H groups in total. The molecule has 7 aromatic heterocycles. The number of hydrogen-bond donors (Lipinski definition) is 4. The van der Waals surface area contributed by atoms with Crippen LogP contribution in [0.2, 0.25) is 0 Å². The summed E-state index contributed by atoms with van der Waals surface area (Å²) in [5.41, 5.74) is 34.5. The van der Waals surface area contributed by atoms with E-state index in [1.54, 1.807) is 24.8 Å². The minimum atomic E-state index is -1.12. The Labute approximate surface area is 888 Å². The first-order valence-electron chi connectivity index (χ1n) is 45.8. The minimum absolute atomic E-state index is 0. The van der Waals surface area contributed by atoms with E-state index in [4.69, 9.17) is 14.6 Å². The maximum atomic E-state index is 12.6. The fraction of sp³-hybridized carbons (Fsp3) is 0.153. The number of H-pyrrole nitrogens is 2. The van der Waals surface area contributed by atoms with E-state index in [1.807, 2.05) is 220 Å². The number of rotatable bonds is 21. The molecule has 2 aliphatic rings. The van der Waals surface area contributed by atoms with Crippen LogP contribution in [0.1, 0.15) is 102 Å². The first kappa shape index (κ1) is 111. The Kier molecular flexibility index (Phi) is 44.5. The minimum Gasteiger partial charge on any atom is -1.00 e. The van der Waals surface area contributed by atoms with E-state index in [-0.39, 0.29) is 73.0 Å². The van der Waals surface area contributed by atoms with Gasteiger partial charge < -0.3 is 59.7 Å². The molecule has 19 rings (SSSR count). The Hall–Kier alpha value is -13.2. The number of aliphatic hydroxyl groups is 1. The van der Waals surface area contributed by atoms with E-state index in [9.17, 15) is 24.2 Å². The van der Waals surface area contributed by atoms with Crippen molar-refractivity contribution < 1.29 is 78.1 Å². The summed E-state index contributed by atoms with van der Waals surface area (Å²) >= 11 is 12.3. The van der Waals surface area contributed by atoms with Gasteiger partial charge in [-0.05, 0) is 247 Å². The molecule has 0 spiro atoms. The predicted molar refractivity (Wildman–Crippen MR) is 581 cm³/mol. The molecule has 0 fully saturated rings. The number of aryl methyl sites for hydroxylation is 6. The quantitative estimate of drug-likeness (QED) is 0.0172. The zero-order valence-corrected chi connectivity index (χ0v) is 89.1. The number of alkyl halides is 1. The zero-order chi connectivity index (χ0) is 99.2. The van der Waals surface area contributed by atoms with Crippen LogP contribution in [0.5, 0.6) is 0 Å². The average Bonchev–Trinajstić information content (AvgIpc) is 1.62. The van der Waals surface area contributed by atoms with Gasteiger partial charge in [-0.25, -0.2) is 29.3 Å². The van der Waals surface area contributed by atoms with E-state index in [2.05, 4.69) is 303 Å². The van der Waals surface area contributed by atoms with Gasteiger partial charge in [0.1, 0.15) is 23.0 Å². The molecule has 17 nitrogen and oxygen atoms in total. The van der Waals surface area contributed by atoms with Gasteiger partial charge in [0.05, 0.1) is 23.7 Å². The summed E-state index contributed by atoms with van der Waals surface area (Å²) in [6.45, 7) is 21.0. The second-order valence-corrected chi connectivity index (χ2v) is 36.7. The monoisotopic (exact) mass is 2270 g/mol. The van der Waals surface area contributed by atoms with Gasteiger partial charge in [-0.3, -0.25) is 15.0 Å². The van der Waals surface area contributed by atoms with Crippen LogP contribution < -0.4 is 50.0 Å². The Balaban J connectivity index is 0.000000178. The molecule has 0 unspecified atom stereocenters. The number of carboxylic acids is 1. The van der Waals surface area contributed by atoms with E-state index in [1.165, 1.54) is 66.8 Å². The molecule has 0 radical (unpaired) electrons. The van der Waals surface area contributed by atoms with Crippen molar-refractivity contribution in [1.29, 1.82) is 0 Å².